The molecule has 1 amide bonds. The van der Waals surface area contributed by atoms with Crippen LogP contribution in [0.2, 0.25) is 0 Å². The molecule has 25 heavy (non-hydrogen) atoms. The Morgan fingerprint density at radius 1 is 1.20 bits per heavy atom. The lowest BCUT2D eigenvalue weighted by Crippen LogP contribution is -2.22. The monoisotopic (exact) mass is 340 g/mol. The highest BCUT2D eigenvalue weighted by molar-refractivity contribution is 6.06. The first-order chi connectivity index (χ1) is 12.2. The molecule has 0 saturated carbocycles. The number of para-hydroxylation sites is 2. The van der Waals surface area contributed by atoms with E-state index in [0.29, 0.717) is 25.4 Å². The molecule has 1 unspecified atom stereocenters. The van der Waals surface area contributed by atoms with Gasteiger partial charge in [0.25, 0.3) is 5.91 Å². The second-order valence-electron chi connectivity index (χ2n) is 6.29. The normalized spacial score (nSPS) is 14.5. The molecule has 1 aliphatic heterocycles. The Hall–Kier alpha value is -2.37. The molecule has 0 fully saturated rings. The van der Waals surface area contributed by atoms with E-state index < -0.39 is 0 Å². The quantitative estimate of drug-likeness (QED) is 0.845. The molecule has 0 bridgehead atoms. The molecule has 1 aliphatic rings. The van der Waals surface area contributed by atoms with Gasteiger partial charge in [-0.2, -0.15) is 0 Å². The van der Waals surface area contributed by atoms with Crippen LogP contribution in [0.4, 0.5) is 11.4 Å². The molecule has 1 atom stereocenters. The lowest BCUT2D eigenvalue weighted by Gasteiger charge is -2.19. The van der Waals surface area contributed by atoms with Crippen LogP contribution >= 0.6 is 0 Å². The third kappa shape index (κ3) is 4.38. The smallest absolute Gasteiger partial charge is 0.255 e. The Bertz CT molecular complexity index is 745. The van der Waals surface area contributed by atoms with E-state index in [2.05, 4.69) is 10.6 Å². The van der Waals surface area contributed by atoms with Crippen molar-refractivity contribution >= 4 is 17.3 Å². The van der Waals surface area contributed by atoms with Crippen LogP contribution < -0.4 is 10.6 Å². The summed E-state index contributed by atoms with van der Waals surface area (Å²) >= 11 is 0. The fourth-order valence-corrected chi connectivity index (χ4v) is 2.97. The average Bonchev–Trinajstić information content (AvgIpc) is 2.63. The van der Waals surface area contributed by atoms with Crippen LogP contribution in [-0.2, 0) is 22.5 Å². The first-order valence-corrected chi connectivity index (χ1v) is 8.53. The maximum atomic E-state index is 12.7. The summed E-state index contributed by atoms with van der Waals surface area (Å²) in [6, 6.07) is 13.6. The molecular weight excluding hydrogens is 316 g/mol. The topological polar surface area (TPSA) is 59.6 Å². The third-order valence-corrected chi connectivity index (χ3v) is 4.24. The van der Waals surface area contributed by atoms with Gasteiger partial charge >= 0.3 is 0 Å². The number of nitrogens with one attached hydrogen (secondary N) is 2. The summed E-state index contributed by atoms with van der Waals surface area (Å²) < 4.78 is 10.6. The van der Waals surface area contributed by atoms with Crippen LogP contribution in [0.15, 0.2) is 42.5 Å². The van der Waals surface area contributed by atoms with Gasteiger partial charge in [-0.25, -0.2) is 0 Å². The highest BCUT2D eigenvalue weighted by Crippen LogP contribution is 2.24. The van der Waals surface area contributed by atoms with Crippen molar-refractivity contribution in [1.82, 2.24) is 0 Å². The van der Waals surface area contributed by atoms with E-state index in [0.717, 1.165) is 17.8 Å². The molecular formula is C20H24N2O3. The van der Waals surface area contributed by atoms with Gasteiger partial charge in [0, 0.05) is 18.7 Å². The highest BCUT2D eigenvalue weighted by Gasteiger charge is 2.14. The van der Waals surface area contributed by atoms with E-state index in [-0.39, 0.29) is 11.9 Å². The lowest BCUT2D eigenvalue weighted by atomic mass is 10.00. The summed E-state index contributed by atoms with van der Waals surface area (Å²) in [5.74, 6) is -0.108. The predicted molar refractivity (Wildman–Crippen MR) is 99.2 cm³/mol. The van der Waals surface area contributed by atoms with E-state index in [1.54, 1.807) is 7.11 Å². The number of anilines is 2. The SMILES string of the molecule is COCC(C)Nc1ccccc1NC(=O)c1ccc2c(c1)CCOC2. The van der Waals surface area contributed by atoms with E-state index in [1.165, 1.54) is 11.1 Å². The van der Waals surface area contributed by atoms with Crippen molar-refractivity contribution in [3.05, 3.63) is 59.2 Å². The molecule has 5 nitrogen and oxygen atoms in total. The number of methoxy groups -OCH3 is 1. The molecule has 2 aromatic rings. The maximum Gasteiger partial charge on any atom is 0.255 e. The molecule has 3 rings (SSSR count). The van der Waals surface area contributed by atoms with Gasteiger partial charge in [0.1, 0.15) is 0 Å². The Balaban J connectivity index is 1.75. The number of rotatable bonds is 6. The summed E-state index contributed by atoms with van der Waals surface area (Å²) in [7, 11) is 1.67. The van der Waals surface area contributed by atoms with Gasteiger partial charge in [-0.05, 0) is 48.7 Å². The summed E-state index contributed by atoms with van der Waals surface area (Å²) in [4.78, 5) is 12.7. The van der Waals surface area contributed by atoms with Crippen molar-refractivity contribution in [1.29, 1.82) is 0 Å². The average molecular weight is 340 g/mol. The minimum atomic E-state index is -0.108. The molecule has 0 aromatic heterocycles. The predicted octanol–water partition coefficient (Wildman–Crippen LogP) is 3.46. The Morgan fingerprint density at radius 2 is 2.00 bits per heavy atom. The molecule has 0 radical (unpaired) electrons. The van der Waals surface area contributed by atoms with Crippen molar-refractivity contribution in [3.8, 4) is 0 Å². The number of carbonyl (C=O) groups is 1. The largest absolute Gasteiger partial charge is 0.383 e. The fourth-order valence-electron chi connectivity index (χ4n) is 2.97. The number of carbonyl (C=O) groups excluding carboxylic acids is 1. The third-order valence-electron chi connectivity index (χ3n) is 4.24. The molecule has 2 N–H and O–H groups in total. The van der Waals surface area contributed by atoms with E-state index in [4.69, 9.17) is 9.47 Å². The van der Waals surface area contributed by atoms with Crippen molar-refractivity contribution in [3.63, 3.8) is 0 Å². The van der Waals surface area contributed by atoms with Gasteiger partial charge in [0.15, 0.2) is 0 Å². The fraction of sp³-hybridized carbons (Fsp3) is 0.350. The number of fused-ring (bicyclic) bond motifs is 1. The van der Waals surface area contributed by atoms with E-state index in [9.17, 15) is 4.79 Å². The molecule has 1 heterocycles. The van der Waals surface area contributed by atoms with Crippen LogP contribution in [0.25, 0.3) is 0 Å². The molecule has 2 aromatic carbocycles. The second kappa shape index (κ2) is 8.14. The minimum Gasteiger partial charge on any atom is -0.383 e. The van der Waals surface area contributed by atoms with Crippen LogP contribution in [0.5, 0.6) is 0 Å². The van der Waals surface area contributed by atoms with Gasteiger partial charge < -0.3 is 20.1 Å². The Kier molecular flexibility index (Phi) is 5.68. The van der Waals surface area contributed by atoms with E-state index >= 15 is 0 Å². The lowest BCUT2D eigenvalue weighted by molar-refractivity contribution is 0.102. The second-order valence-corrected chi connectivity index (χ2v) is 6.29. The zero-order chi connectivity index (χ0) is 17.6. The molecule has 132 valence electrons. The highest BCUT2D eigenvalue weighted by atomic mass is 16.5. The van der Waals surface area contributed by atoms with Crippen LogP contribution in [0.3, 0.4) is 0 Å². The van der Waals surface area contributed by atoms with Crippen molar-refractivity contribution < 1.29 is 14.3 Å². The van der Waals surface area contributed by atoms with Gasteiger partial charge in [-0.15, -0.1) is 0 Å². The number of ether oxygens (including phenoxy) is 2. The summed E-state index contributed by atoms with van der Waals surface area (Å²) in [5.41, 5.74) is 4.67. The zero-order valence-electron chi connectivity index (χ0n) is 14.7. The van der Waals surface area contributed by atoms with Gasteiger partial charge in [-0.3, -0.25) is 4.79 Å². The van der Waals surface area contributed by atoms with Crippen molar-refractivity contribution in [2.45, 2.75) is 26.0 Å². The Labute approximate surface area is 148 Å². The molecule has 0 aliphatic carbocycles. The number of hydrogen-bond acceptors (Lipinski definition) is 4. The Morgan fingerprint density at radius 3 is 2.80 bits per heavy atom. The van der Waals surface area contributed by atoms with Gasteiger partial charge in [-0.1, -0.05) is 18.2 Å². The minimum absolute atomic E-state index is 0.108. The molecule has 5 heteroatoms. The number of hydrogen-bond donors (Lipinski definition) is 2. The van der Waals surface area contributed by atoms with E-state index in [1.807, 2.05) is 49.4 Å². The van der Waals surface area contributed by atoms with Crippen LogP contribution in [0.1, 0.15) is 28.4 Å². The first-order valence-electron chi connectivity index (χ1n) is 8.53. The van der Waals surface area contributed by atoms with Gasteiger partial charge in [0.2, 0.25) is 0 Å². The van der Waals surface area contributed by atoms with Crippen molar-refractivity contribution in [2.75, 3.05) is 31.0 Å². The zero-order valence-corrected chi connectivity index (χ0v) is 14.7. The summed E-state index contributed by atoms with van der Waals surface area (Å²) in [5, 5.41) is 6.37. The number of amides is 1. The molecule has 0 spiro atoms. The first kappa shape index (κ1) is 17.5. The van der Waals surface area contributed by atoms with Gasteiger partial charge in [0.05, 0.1) is 31.2 Å². The maximum absolute atomic E-state index is 12.7. The van der Waals surface area contributed by atoms with Crippen LogP contribution in [-0.4, -0.2) is 32.3 Å². The summed E-state index contributed by atoms with van der Waals surface area (Å²) in [6.07, 6.45) is 0.850. The van der Waals surface area contributed by atoms with Crippen molar-refractivity contribution in [2.24, 2.45) is 0 Å². The van der Waals surface area contributed by atoms with Crippen LogP contribution in [0, 0.1) is 0 Å². The molecule has 0 saturated heterocycles. The standard InChI is InChI=1S/C20H24N2O3/c1-14(12-24-2)21-18-5-3-4-6-19(18)22-20(23)16-7-8-17-13-25-10-9-15(17)11-16/h3-8,11,14,21H,9-10,12-13H2,1-2H3,(H,22,23). The summed E-state index contributed by atoms with van der Waals surface area (Å²) in [6.45, 7) is 3.96. The number of benzene rings is 2.